The summed E-state index contributed by atoms with van der Waals surface area (Å²) < 4.78 is 4.88. The summed E-state index contributed by atoms with van der Waals surface area (Å²) in [5.41, 5.74) is 6.33. The van der Waals surface area contributed by atoms with Crippen molar-refractivity contribution in [2.45, 2.75) is 6.54 Å². The monoisotopic (exact) mass is 170 g/mol. The maximum atomic E-state index is 9.16. The lowest BCUT2D eigenvalue weighted by Crippen LogP contribution is -1.96. The van der Waals surface area contributed by atoms with Gasteiger partial charge in [0.1, 0.15) is 0 Å². The minimum atomic E-state index is 0. The zero-order valence-corrected chi connectivity index (χ0v) is 7.08. The van der Waals surface area contributed by atoms with E-state index in [0.29, 0.717) is 12.3 Å². The molecule has 0 atom stereocenters. The van der Waals surface area contributed by atoms with Crippen LogP contribution in [0.25, 0.3) is 0 Å². The number of ether oxygens (including phenoxy) is 1. The summed E-state index contributed by atoms with van der Waals surface area (Å²) in [4.78, 5) is 0. The van der Waals surface area contributed by atoms with Crippen molar-refractivity contribution >= 4 is 0 Å². The average Bonchev–Trinajstić information content (AvgIpc) is 2.05. The van der Waals surface area contributed by atoms with Gasteiger partial charge in [-0.05, 0) is 17.7 Å². The molecule has 0 saturated carbocycles. The molecule has 1 aromatic rings. The number of rotatable bonds is 2. The fraction of sp³-hybridized carbons (Fsp3) is 0.250. The molecule has 0 aliphatic rings. The third kappa shape index (κ3) is 2.11. The summed E-state index contributed by atoms with van der Waals surface area (Å²) in [5, 5.41) is 9.16. The number of phenolic OH excluding ortho intramolecular Hbond substituents is 1. The van der Waals surface area contributed by atoms with Gasteiger partial charge in [-0.2, -0.15) is 0 Å². The van der Waals surface area contributed by atoms with Gasteiger partial charge in [0.25, 0.3) is 0 Å². The van der Waals surface area contributed by atoms with E-state index in [1.165, 1.54) is 7.11 Å². The Balaban J connectivity index is 0.00000121. The van der Waals surface area contributed by atoms with E-state index in [1.54, 1.807) is 18.2 Å². The summed E-state index contributed by atoms with van der Waals surface area (Å²) >= 11 is 0. The highest BCUT2D eigenvalue weighted by Crippen LogP contribution is 2.25. The molecule has 0 spiro atoms. The molecule has 1 aromatic carbocycles. The summed E-state index contributed by atoms with van der Waals surface area (Å²) in [6, 6.07) is 5.05. The highest BCUT2D eigenvalue weighted by atomic mass is 16.5. The Bertz CT molecular complexity index is 251. The minimum absolute atomic E-state index is 0. The molecular formula is C8H14N2O2. The minimum Gasteiger partial charge on any atom is -0.504 e. The fourth-order valence-electron chi connectivity index (χ4n) is 0.849. The van der Waals surface area contributed by atoms with E-state index in [1.807, 2.05) is 0 Å². The van der Waals surface area contributed by atoms with Gasteiger partial charge >= 0.3 is 0 Å². The summed E-state index contributed by atoms with van der Waals surface area (Å²) in [5.74, 6) is 0.609. The highest BCUT2D eigenvalue weighted by molar-refractivity contribution is 5.41. The molecule has 1 rings (SSSR count). The van der Waals surface area contributed by atoms with Gasteiger partial charge in [-0.3, -0.25) is 0 Å². The lowest BCUT2D eigenvalue weighted by atomic mass is 10.2. The molecule has 68 valence electrons. The molecule has 4 nitrogen and oxygen atoms in total. The third-order valence-corrected chi connectivity index (χ3v) is 1.48. The van der Waals surface area contributed by atoms with E-state index in [2.05, 4.69) is 0 Å². The predicted octanol–water partition coefficient (Wildman–Crippen LogP) is 1.02. The van der Waals surface area contributed by atoms with Crippen molar-refractivity contribution in [3.63, 3.8) is 0 Å². The molecule has 4 heteroatoms. The van der Waals surface area contributed by atoms with Crippen molar-refractivity contribution in [2.75, 3.05) is 7.11 Å². The molecule has 0 unspecified atom stereocenters. The highest BCUT2D eigenvalue weighted by Gasteiger charge is 1.99. The molecule has 12 heavy (non-hydrogen) atoms. The quantitative estimate of drug-likeness (QED) is 0.618. The fourth-order valence-corrected chi connectivity index (χ4v) is 0.849. The van der Waals surface area contributed by atoms with Crippen molar-refractivity contribution in [1.82, 2.24) is 6.15 Å². The van der Waals surface area contributed by atoms with Crippen LogP contribution < -0.4 is 16.6 Å². The van der Waals surface area contributed by atoms with E-state index in [-0.39, 0.29) is 11.9 Å². The molecule has 0 aliphatic carbocycles. The average molecular weight is 170 g/mol. The van der Waals surface area contributed by atoms with Gasteiger partial charge in [0.2, 0.25) is 0 Å². The summed E-state index contributed by atoms with van der Waals surface area (Å²) in [6.07, 6.45) is 0. The van der Waals surface area contributed by atoms with Crippen molar-refractivity contribution < 1.29 is 9.84 Å². The molecule has 0 radical (unpaired) electrons. The first-order valence-electron chi connectivity index (χ1n) is 3.34. The topological polar surface area (TPSA) is 90.5 Å². The van der Waals surface area contributed by atoms with E-state index in [4.69, 9.17) is 15.6 Å². The molecule has 0 heterocycles. The van der Waals surface area contributed by atoms with Crippen LogP contribution in [-0.2, 0) is 6.54 Å². The first-order valence-corrected chi connectivity index (χ1v) is 3.34. The number of aromatic hydroxyl groups is 1. The summed E-state index contributed by atoms with van der Waals surface area (Å²) in [7, 11) is 1.51. The van der Waals surface area contributed by atoms with Gasteiger partial charge in [-0.15, -0.1) is 0 Å². The van der Waals surface area contributed by atoms with Gasteiger partial charge in [-0.1, -0.05) is 6.07 Å². The number of phenols is 1. The molecule has 0 amide bonds. The second-order valence-corrected chi connectivity index (χ2v) is 2.21. The Hall–Kier alpha value is -1.26. The zero-order valence-electron chi connectivity index (χ0n) is 7.08. The Kier molecular flexibility index (Phi) is 4.10. The maximum Gasteiger partial charge on any atom is 0.160 e. The first kappa shape index (κ1) is 10.7. The molecule has 0 bridgehead atoms. The largest absolute Gasteiger partial charge is 0.504 e. The number of nitrogens with two attached hydrogens (primary N) is 1. The van der Waals surface area contributed by atoms with Crippen LogP contribution in [0, 0.1) is 0 Å². The van der Waals surface area contributed by atoms with E-state index in [9.17, 15) is 0 Å². The van der Waals surface area contributed by atoms with E-state index >= 15 is 0 Å². The molecule has 0 fully saturated rings. The zero-order chi connectivity index (χ0) is 8.27. The van der Waals surface area contributed by atoms with Crippen LogP contribution in [0.5, 0.6) is 11.5 Å². The lowest BCUT2D eigenvalue weighted by Gasteiger charge is -2.03. The van der Waals surface area contributed by atoms with Crippen LogP contribution in [0.2, 0.25) is 0 Å². The standard InChI is InChI=1S/C8H11NO2.H3N/c1-11-8-4-6(5-9)2-3-7(8)10;/h2-4,10H,5,9H2,1H3;1H3. The molecular weight excluding hydrogens is 156 g/mol. The van der Waals surface area contributed by atoms with Crippen LogP contribution in [0.4, 0.5) is 0 Å². The summed E-state index contributed by atoms with van der Waals surface area (Å²) in [6.45, 7) is 0.455. The van der Waals surface area contributed by atoms with Crippen molar-refractivity contribution in [3.8, 4) is 11.5 Å². The molecule has 0 aromatic heterocycles. The molecule has 0 saturated heterocycles. The van der Waals surface area contributed by atoms with E-state index < -0.39 is 0 Å². The Morgan fingerprint density at radius 1 is 1.50 bits per heavy atom. The number of hydrogen-bond donors (Lipinski definition) is 3. The molecule has 6 N–H and O–H groups in total. The normalized spacial score (nSPS) is 8.83. The van der Waals surface area contributed by atoms with Gasteiger partial charge < -0.3 is 21.7 Å². The van der Waals surface area contributed by atoms with Crippen LogP contribution in [-0.4, -0.2) is 12.2 Å². The van der Waals surface area contributed by atoms with E-state index in [0.717, 1.165) is 5.56 Å². The number of benzene rings is 1. The number of methoxy groups -OCH3 is 1. The third-order valence-electron chi connectivity index (χ3n) is 1.48. The van der Waals surface area contributed by atoms with Crippen molar-refractivity contribution in [3.05, 3.63) is 23.8 Å². The Morgan fingerprint density at radius 2 is 2.17 bits per heavy atom. The Labute approximate surface area is 71.5 Å². The van der Waals surface area contributed by atoms with Crippen molar-refractivity contribution in [1.29, 1.82) is 0 Å². The second-order valence-electron chi connectivity index (χ2n) is 2.21. The smallest absolute Gasteiger partial charge is 0.160 e. The SMILES string of the molecule is COc1cc(CN)ccc1O.N. The van der Waals surface area contributed by atoms with Crippen molar-refractivity contribution in [2.24, 2.45) is 5.73 Å². The van der Waals surface area contributed by atoms with Gasteiger partial charge in [-0.25, -0.2) is 0 Å². The lowest BCUT2D eigenvalue weighted by molar-refractivity contribution is 0.373. The predicted molar refractivity (Wildman–Crippen MR) is 47.6 cm³/mol. The first-order chi connectivity index (χ1) is 5.27. The molecule has 0 aliphatic heterocycles. The maximum absolute atomic E-state index is 9.16. The van der Waals surface area contributed by atoms with Crippen LogP contribution in [0.1, 0.15) is 5.56 Å². The van der Waals surface area contributed by atoms with Gasteiger partial charge in [0.15, 0.2) is 11.5 Å². The van der Waals surface area contributed by atoms with Gasteiger partial charge in [0.05, 0.1) is 7.11 Å². The Morgan fingerprint density at radius 3 is 2.67 bits per heavy atom. The van der Waals surface area contributed by atoms with Gasteiger partial charge in [0, 0.05) is 6.54 Å². The van der Waals surface area contributed by atoms with Crippen LogP contribution >= 0.6 is 0 Å². The van der Waals surface area contributed by atoms with Crippen LogP contribution in [0.3, 0.4) is 0 Å². The second kappa shape index (κ2) is 4.58. The number of hydrogen-bond acceptors (Lipinski definition) is 4. The van der Waals surface area contributed by atoms with Crippen LogP contribution in [0.15, 0.2) is 18.2 Å².